The van der Waals surface area contributed by atoms with Gasteiger partial charge in [0.05, 0.1) is 17.1 Å². The highest BCUT2D eigenvalue weighted by molar-refractivity contribution is 5.78. The molecule has 0 unspecified atom stereocenters. The van der Waals surface area contributed by atoms with E-state index < -0.39 is 0 Å². The molecule has 0 heterocycles. The van der Waals surface area contributed by atoms with Crippen LogP contribution in [0.2, 0.25) is 0 Å². The second-order valence-corrected chi connectivity index (χ2v) is 3.89. The molecule has 0 aliphatic carbocycles. The van der Waals surface area contributed by atoms with Gasteiger partial charge in [0.25, 0.3) is 0 Å². The van der Waals surface area contributed by atoms with E-state index in [1.54, 1.807) is 6.07 Å². The minimum Gasteiger partial charge on any atom is -0.397 e. The Morgan fingerprint density at radius 3 is 2.67 bits per heavy atom. The molecule has 0 aliphatic rings. The number of nitrogens with one attached hydrogen (secondary N) is 1. The Morgan fingerprint density at radius 1 is 1.27 bits per heavy atom. The molecule has 0 radical (unpaired) electrons. The van der Waals surface area contributed by atoms with Crippen LogP contribution in [0.4, 0.5) is 17.1 Å². The van der Waals surface area contributed by atoms with E-state index in [9.17, 15) is 0 Å². The van der Waals surface area contributed by atoms with Gasteiger partial charge in [0.2, 0.25) is 0 Å². The Balaban J connectivity index is 2.41. The first-order chi connectivity index (χ1) is 7.11. The summed E-state index contributed by atoms with van der Waals surface area (Å²) in [7, 11) is 4.13. The number of nitrogen functional groups attached to an aromatic ring is 2. The Bertz CT molecular complexity index is 309. The maximum atomic E-state index is 5.83. The van der Waals surface area contributed by atoms with E-state index in [2.05, 4.69) is 24.3 Å². The molecule has 0 spiro atoms. The van der Waals surface area contributed by atoms with E-state index in [1.807, 2.05) is 12.1 Å². The van der Waals surface area contributed by atoms with Gasteiger partial charge in [-0.1, -0.05) is 6.07 Å². The highest BCUT2D eigenvalue weighted by Crippen LogP contribution is 2.24. The lowest BCUT2D eigenvalue weighted by atomic mass is 10.2. The normalized spacial score (nSPS) is 10.6. The predicted octanol–water partition coefficient (Wildman–Crippen LogP) is 1.21. The highest BCUT2D eigenvalue weighted by Gasteiger charge is 2.00. The maximum Gasteiger partial charge on any atom is 0.0783 e. The zero-order chi connectivity index (χ0) is 11.3. The molecule has 15 heavy (non-hydrogen) atoms. The van der Waals surface area contributed by atoms with Crippen molar-refractivity contribution in [2.45, 2.75) is 6.42 Å². The molecule has 0 aliphatic heterocycles. The van der Waals surface area contributed by atoms with Crippen molar-refractivity contribution >= 4 is 17.1 Å². The summed E-state index contributed by atoms with van der Waals surface area (Å²) in [5.41, 5.74) is 13.7. The lowest BCUT2D eigenvalue weighted by Gasteiger charge is -2.12. The van der Waals surface area contributed by atoms with Crippen LogP contribution in [0.25, 0.3) is 0 Å². The molecular weight excluding hydrogens is 188 g/mol. The third-order valence-corrected chi connectivity index (χ3v) is 2.24. The molecule has 0 aromatic heterocycles. The van der Waals surface area contributed by atoms with E-state index in [1.165, 1.54) is 0 Å². The van der Waals surface area contributed by atoms with Crippen LogP contribution in [-0.2, 0) is 0 Å². The number of rotatable bonds is 5. The van der Waals surface area contributed by atoms with E-state index in [0.717, 1.165) is 25.2 Å². The van der Waals surface area contributed by atoms with Crippen LogP contribution >= 0.6 is 0 Å². The molecule has 0 saturated carbocycles. The number of benzene rings is 1. The molecule has 0 atom stereocenters. The fraction of sp³-hybridized carbons (Fsp3) is 0.455. The molecule has 4 nitrogen and oxygen atoms in total. The molecule has 1 aromatic rings. The molecule has 1 aromatic carbocycles. The monoisotopic (exact) mass is 208 g/mol. The second kappa shape index (κ2) is 5.46. The predicted molar refractivity (Wildman–Crippen MR) is 66.9 cm³/mol. The Labute approximate surface area is 91.2 Å². The fourth-order valence-electron chi connectivity index (χ4n) is 1.36. The molecule has 4 heteroatoms. The molecular formula is C11H20N4. The largest absolute Gasteiger partial charge is 0.397 e. The molecule has 1 rings (SSSR count). The van der Waals surface area contributed by atoms with E-state index in [4.69, 9.17) is 11.5 Å². The van der Waals surface area contributed by atoms with Gasteiger partial charge in [-0.15, -0.1) is 0 Å². The number of hydrogen-bond donors (Lipinski definition) is 3. The summed E-state index contributed by atoms with van der Waals surface area (Å²) in [4.78, 5) is 2.16. The van der Waals surface area contributed by atoms with Crippen LogP contribution in [0.5, 0.6) is 0 Å². The summed E-state index contributed by atoms with van der Waals surface area (Å²) in [6.07, 6.45) is 1.08. The van der Waals surface area contributed by atoms with Gasteiger partial charge in [-0.3, -0.25) is 0 Å². The van der Waals surface area contributed by atoms with Gasteiger partial charge < -0.3 is 21.7 Å². The third-order valence-electron chi connectivity index (χ3n) is 2.24. The van der Waals surface area contributed by atoms with Crippen molar-refractivity contribution in [3.63, 3.8) is 0 Å². The van der Waals surface area contributed by atoms with E-state index >= 15 is 0 Å². The minimum absolute atomic E-state index is 0.632. The van der Waals surface area contributed by atoms with Gasteiger partial charge in [0.1, 0.15) is 0 Å². The van der Waals surface area contributed by atoms with E-state index in [-0.39, 0.29) is 0 Å². The number of nitrogens with two attached hydrogens (primary N) is 2. The minimum atomic E-state index is 0.632. The molecule has 5 N–H and O–H groups in total. The van der Waals surface area contributed by atoms with Crippen LogP contribution in [0, 0.1) is 0 Å². The van der Waals surface area contributed by atoms with Gasteiger partial charge in [0, 0.05) is 6.54 Å². The quantitative estimate of drug-likeness (QED) is 0.502. The Morgan fingerprint density at radius 2 is 2.00 bits per heavy atom. The zero-order valence-electron chi connectivity index (χ0n) is 9.46. The van der Waals surface area contributed by atoms with E-state index in [0.29, 0.717) is 11.4 Å². The molecule has 84 valence electrons. The molecule has 0 amide bonds. The van der Waals surface area contributed by atoms with Gasteiger partial charge in [-0.2, -0.15) is 0 Å². The van der Waals surface area contributed by atoms with Crippen LogP contribution < -0.4 is 16.8 Å². The summed E-state index contributed by atoms with van der Waals surface area (Å²) in [6, 6.07) is 5.65. The second-order valence-electron chi connectivity index (χ2n) is 3.89. The van der Waals surface area contributed by atoms with Crippen molar-refractivity contribution < 1.29 is 0 Å². The lowest BCUT2D eigenvalue weighted by Crippen LogP contribution is -2.16. The van der Waals surface area contributed by atoms with Crippen molar-refractivity contribution in [2.75, 3.05) is 44.0 Å². The fourth-order valence-corrected chi connectivity index (χ4v) is 1.36. The average molecular weight is 208 g/mol. The maximum absolute atomic E-state index is 5.83. The third kappa shape index (κ3) is 3.67. The first-order valence-electron chi connectivity index (χ1n) is 5.14. The number of hydrogen-bond acceptors (Lipinski definition) is 4. The number of para-hydroxylation sites is 1. The van der Waals surface area contributed by atoms with Crippen molar-refractivity contribution in [3.8, 4) is 0 Å². The summed E-state index contributed by atoms with van der Waals surface area (Å²) in [5.74, 6) is 0. The standard InChI is InChI=1S/C11H20N4/c1-15(2)8-4-7-14-10-6-3-5-9(12)11(10)13/h3,5-6,14H,4,7-8,12-13H2,1-2H3. The number of anilines is 3. The van der Waals surface area contributed by atoms with Crippen molar-refractivity contribution in [1.82, 2.24) is 4.90 Å². The van der Waals surface area contributed by atoms with Crippen LogP contribution in [0.1, 0.15) is 6.42 Å². The van der Waals surface area contributed by atoms with Crippen molar-refractivity contribution in [2.24, 2.45) is 0 Å². The van der Waals surface area contributed by atoms with Crippen molar-refractivity contribution in [3.05, 3.63) is 18.2 Å². The first-order valence-corrected chi connectivity index (χ1v) is 5.14. The Kier molecular flexibility index (Phi) is 4.24. The summed E-state index contributed by atoms with van der Waals surface area (Å²) in [5, 5.41) is 3.28. The van der Waals surface area contributed by atoms with Crippen molar-refractivity contribution in [1.29, 1.82) is 0 Å². The van der Waals surface area contributed by atoms with Crippen LogP contribution in [0.3, 0.4) is 0 Å². The van der Waals surface area contributed by atoms with Crippen LogP contribution in [0.15, 0.2) is 18.2 Å². The SMILES string of the molecule is CN(C)CCCNc1cccc(N)c1N. The smallest absolute Gasteiger partial charge is 0.0783 e. The topological polar surface area (TPSA) is 67.3 Å². The molecule has 0 saturated heterocycles. The molecule has 0 bridgehead atoms. The number of nitrogens with zero attached hydrogens (tertiary/aromatic N) is 1. The van der Waals surface area contributed by atoms with Gasteiger partial charge >= 0.3 is 0 Å². The average Bonchev–Trinajstić information content (AvgIpc) is 2.18. The Hall–Kier alpha value is -1.42. The van der Waals surface area contributed by atoms with Gasteiger partial charge in [-0.05, 0) is 39.2 Å². The summed E-state index contributed by atoms with van der Waals surface area (Å²) >= 11 is 0. The summed E-state index contributed by atoms with van der Waals surface area (Å²) in [6.45, 7) is 1.97. The van der Waals surface area contributed by atoms with Crippen LogP contribution in [-0.4, -0.2) is 32.1 Å². The molecule has 0 fully saturated rings. The van der Waals surface area contributed by atoms with Gasteiger partial charge in [-0.25, -0.2) is 0 Å². The first kappa shape index (κ1) is 11.7. The summed E-state index contributed by atoms with van der Waals surface area (Å²) < 4.78 is 0. The highest BCUT2D eigenvalue weighted by atomic mass is 15.1. The zero-order valence-corrected chi connectivity index (χ0v) is 9.46. The van der Waals surface area contributed by atoms with Gasteiger partial charge in [0.15, 0.2) is 0 Å². The lowest BCUT2D eigenvalue weighted by molar-refractivity contribution is 0.405.